The van der Waals surface area contributed by atoms with Gasteiger partial charge in [-0.15, -0.1) is 0 Å². The maximum absolute atomic E-state index is 10.3. The second kappa shape index (κ2) is 15.5. The zero-order chi connectivity index (χ0) is 19.6. The smallest absolute Gasteiger partial charge is 0.466 e. The number of aliphatic hydroxyl groups is 1. The first-order valence-corrected chi connectivity index (χ1v) is 7.61. The van der Waals surface area contributed by atoms with Gasteiger partial charge in [-0.05, 0) is 0 Å². The zero-order valence-electron chi connectivity index (χ0n) is 12.9. The van der Waals surface area contributed by atoms with Gasteiger partial charge in [0.05, 0.1) is 12.8 Å². The molecule has 0 radical (unpaired) electrons. The number of carboxylic acids is 3. The fraction of sp³-hybridized carbons (Fsp3) is 0.500. The highest BCUT2D eigenvalue weighted by atomic mass is 32.3. The number of hydrogen-bond acceptors (Lipinski definition) is 10. The van der Waals surface area contributed by atoms with E-state index < -0.39 is 54.6 Å². The Balaban J connectivity index is -0.0000000652. The minimum atomic E-state index is -4.67. The van der Waals surface area contributed by atoms with E-state index >= 15 is 0 Å². The van der Waals surface area contributed by atoms with Crippen LogP contribution in [0.1, 0.15) is 12.8 Å². The molecule has 0 saturated carbocycles. The number of carbonyl (C=O) groups is 3. The van der Waals surface area contributed by atoms with E-state index in [1.54, 1.807) is 0 Å². The standard InChI is InChI=1S/C6H8O7.3H3N.H3O4P.H2O4S/c7-3(8)1-6(13,5(11)12)2-4(9)10;;;;2*1-5(2,3)4/h13H,1-2H2,(H,7,8)(H,9,10)(H,11,12);3*1H3;(H3,1,2,3,4);(H2,1,2,3,4). The Bertz CT molecular complexity index is 538. The van der Waals surface area contributed by atoms with Crippen LogP contribution in [-0.4, -0.2) is 76.1 Å². The number of aliphatic carboxylic acids is 3. The molecule has 0 aliphatic rings. The van der Waals surface area contributed by atoms with Gasteiger partial charge in [-0.2, -0.15) is 8.42 Å². The molecule has 162 valence electrons. The van der Waals surface area contributed by atoms with Crippen LogP contribution in [0.25, 0.3) is 0 Å². The Morgan fingerprint density at radius 3 is 1.04 bits per heavy atom. The lowest BCUT2D eigenvalue weighted by molar-refractivity contribution is -0.170. The lowest BCUT2D eigenvalue weighted by atomic mass is 9.96. The minimum Gasteiger partial charge on any atom is -0.481 e. The summed E-state index contributed by atoms with van der Waals surface area (Å²) in [6.07, 6.45) is -2.29. The van der Waals surface area contributed by atoms with Crippen molar-refractivity contribution < 1.29 is 71.6 Å². The van der Waals surface area contributed by atoms with Crippen LogP contribution in [0.5, 0.6) is 0 Å². The largest absolute Gasteiger partial charge is 0.481 e. The third kappa shape index (κ3) is 49.5. The molecule has 0 aromatic heterocycles. The highest BCUT2D eigenvalue weighted by Gasteiger charge is 2.40. The lowest BCUT2D eigenvalue weighted by Gasteiger charge is -2.18. The summed E-state index contributed by atoms with van der Waals surface area (Å²) < 4.78 is 40.5. The summed E-state index contributed by atoms with van der Waals surface area (Å²) in [7, 11) is -9.31. The van der Waals surface area contributed by atoms with E-state index in [1.807, 2.05) is 0 Å². The molecule has 0 spiro atoms. The first-order chi connectivity index (χ1) is 9.78. The Kier molecular flexibility index (Phi) is 23.4. The van der Waals surface area contributed by atoms with E-state index in [9.17, 15) is 14.4 Å². The Morgan fingerprint density at radius 1 is 0.808 bits per heavy atom. The molecule has 20 heteroatoms. The van der Waals surface area contributed by atoms with Gasteiger partial charge in [0, 0.05) is 0 Å². The Morgan fingerprint density at radius 2 is 0.962 bits per heavy atom. The number of hydrogen-bond donors (Lipinski definition) is 12. The number of phosphoric acid groups is 1. The van der Waals surface area contributed by atoms with Gasteiger partial charge in [-0.3, -0.25) is 18.7 Å². The van der Waals surface area contributed by atoms with Gasteiger partial charge in [-0.1, -0.05) is 0 Å². The van der Waals surface area contributed by atoms with Crippen molar-refractivity contribution in [2.45, 2.75) is 18.4 Å². The van der Waals surface area contributed by atoms with Crippen molar-refractivity contribution in [2.75, 3.05) is 0 Å². The normalized spacial score (nSPS) is 9.92. The topological polar surface area (TPSA) is 389 Å². The van der Waals surface area contributed by atoms with Crippen molar-refractivity contribution in [2.24, 2.45) is 0 Å². The Hall–Kier alpha value is -1.77. The van der Waals surface area contributed by atoms with Gasteiger partial charge in [0.25, 0.3) is 0 Å². The van der Waals surface area contributed by atoms with Crippen LogP contribution in [0.3, 0.4) is 0 Å². The average molecular weight is 439 g/mol. The second-order valence-corrected chi connectivity index (χ2v) is 5.36. The van der Waals surface area contributed by atoms with Gasteiger partial charge in [-0.25, -0.2) is 9.36 Å². The molecule has 0 aliphatic carbocycles. The van der Waals surface area contributed by atoms with Gasteiger partial charge in [0.2, 0.25) is 0 Å². The average Bonchev–Trinajstić information content (AvgIpc) is 2.07. The highest BCUT2D eigenvalue weighted by Crippen LogP contribution is 2.25. The molecular weight excluding hydrogens is 417 g/mol. The third-order valence-corrected chi connectivity index (χ3v) is 1.29. The van der Waals surface area contributed by atoms with Crippen molar-refractivity contribution in [3.8, 4) is 0 Å². The molecule has 18 nitrogen and oxygen atoms in total. The predicted octanol–water partition coefficient (Wildman–Crippen LogP) is -2.34. The third-order valence-electron chi connectivity index (χ3n) is 1.29. The lowest BCUT2D eigenvalue weighted by Crippen LogP contribution is -2.42. The molecule has 0 unspecified atom stereocenters. The minimum absolute atomic E-state index is 0. The van der Waals surface area contributed by atoms with Crippen molar-refractivity contribution >= 4 is 36.1 Å². The summed E-state index contributed by atoms with van der Waals surface area (Å²) in [6.45, 7) is 0. The maximum Gasteiger partial charge on any atom is 0.466 e. The second-order valence-electron chi connectivity index (χ2n) is 3.44. The summed E-state index contributed by atoms with van der Waals surface area (Å²) in [6, 6.07) is 0. The molecule has 0 saturated heterocycles. The van der Waals surface area contributed by atoms with Crippen molar-refractivity contribution in [1.29, 1.82) is 0 Å². The molecular formula is C6H22N3O15PS. The molecule has 0 fully saturated rings. The molecule has 0 bridgehead atoms. The summed E-state index contributed by atoms with van der Waals surface area (Å²) in [4.78, 5) is 52.0. The van der Waals surface area contributed by atoms with E-state index in [2.05, 4.69) is 0 Å². The van der Waals surface area contributed by atoms with E-state index in [4.69, 9.17) is 57.2 Å². The van der Waals surface area contributed by atoms with Crippen LogP contribution in [0, 0.1) is 0 Å². The van der Waals surface area contributed by atoms with Gasteiger partial charge in [0.1, 0.15) is 0 Å². The molecule has 0 rings (SSSR count). The molecule has 0 aliphatic heterocycles. The van der Waals surface area contributed by atoms with Crippen molar-refractivity contribution in [3.05, 3.63) is 0 Å². The van der Waals surface area contributed by atoms with Crippen LogP contribution in [0.4, 0.5) is 0 Å². The van der Waals surface area contributed by atoms with E-state index in [0.29, 0.717) is 0 Å². The van der Waals surface area contributed by atoms with Gasteiger partial charge in [0.15, 0.2) is 5.60 Å². The first kappa shape index (κ1) is 39.3. The van der Waals surface area contributed by atoms with Crippen LogP contribution >= 0.6 is 7.82 Å². The summed E-state index contributed by atoms with van der Waals surface area (Å²) in [5.74, 6) is -5.02. The molecule has 0 atom stereocenters. The molecule has 0 heterocycles. The number of rotatable bonds is 5. The van der Waals surface area contributed by atoms with Crippen molar-refractivity contribution in [1.82, 2.24) is 18.5 Å². The first-order valence-electron chi connectivity index (χ1n) is 4.65. The van der Waals surface area contributed by atoms with E-state index in [1.165, 1.54) is 0 Å². The molecule has 0 amide bonds. The predicted molar refractivity (Wildman–Crippen MR) is 80.6 cm³/mol. The van der Waals surface area contributed by atoms with Gasteiger partial charge >= 0.3 is 36.1 Å². The van der Waals surface area contributed by atoms with E-state index in [-0.39, 0.29) is 18.5 Å². The molecule has 0 aromatic carbocycles. The molecule has 0 aromatic rings. The van der Waals surface area contributed by atoms with Crippen molar-refractivity contribution in [3.63, 3.8) is 0 Å². The fourth-order valence-electron chi connectivity index (χ4n) is 0.714. The quantitative estimate of drug-likeness (QED) is 0.157. The highest BCUT2D eigenvalue weighted by molar-refractivity contribution is 7.79. The molecule has 18 N–H and O–H groups in total. The van der Waals surface area contributed by atoms with Crippen LogP contribution in [-0.2, 0) is 29.3 Å². The van der Waals surface area contributed by atoms with Crippen LogP contribution in [0.2, 0.25) is 0 Å². The van der Waals surface area contributed by atoms with Crippen LogP contribution < -0.4 is 18.5 Å². The van der Waals surface area contributed by atoms with Crippen LogP contribution in [0.15, 0.2) is 0 Å². The Labute approximate surface area is 145 Å². The number of carboxylic acid groups (broad SMARTS) is 3. The zero-order valence-corrected chi connectivity index (χ0v) is 14.6. The fourth-order valence-corrected chi connectivity index (χ4v) is 0.714. The molecule has 26 heavy (non-hydrogen) atoms. The van der Waals surface area contributed by atoms with E-state index in [0.717, 1.165) is 0 Å². The summed E-state index contributed by atoms with van der Waals surface area (Å²) in [5, 5.41) is 33.8. The van der Waals surface area contributed by atoms with Gasteiger partial charge < -0.3 is 53.6 Å². The SMILES string of the molecule is N.N.N.O=C(O)CC(O)(CC(=O)O)C(=O)O.O=P(O)(O)O.O=S(=O)(O)O. The maximum atomic E-state index is 10.3. The monoisotopic (exact) mass is 439 g/mol. The summed E-state index contributed by atoms with van der Waals surface area (Å²) in [5.41, 5.74) is -2.74. The summed E-state index contributed by atoms with van der Waals surface area (Å²) >= 11 is 0.